The van der Waals surface area contributed by atoms with E-state index >= 15 is 0 Å². The molecule has 86 valence electrons. The summed E-state index contributed by atoms with van der Waals surface area (Å²) in [6.45, 7) is 1.15. The molecule has 1 rings (SSSR count). The highest BCUT2D eigenvalue weighted by molar-refractivity contribution is 5.79. The highest BCUT2D eigenvalue weighted by Crippen LogP contribution is 2.07. The Balaban J connectivity index is 2.34. The van der Waals surface area contributed by atoms with Crippen LogP contribution in [-0.4, -0.2) is 29.7 Å². The molecule has 2 N–H and O–H groups in total. The van der Waals surface area contributed by atoms with Gasteiger partial charge >= 0.3 is 5.97 Å². The molecule has 1 heterocycles. The van der Waals surface area contributed by atoms with Gasteiger partial charge in [-0.25, -0.2) is 9.78 Å². The normalized spacial score (nSPS) is 10.6. The fourth-order valence-corrected chi connectivity index (χ4v) is 1.13. The molecule has 0 spiro atoms. The standard InChI is InChI=1S/C11H14N2O3/c1-16-10-7-9(4-6-13-10)8-12-5-2-3-11(14)15/h2-4,6-7,12H,5,8H2,1H3,(H,14,15)/b3-2+. The molecule has 0 unspecified atom stereocenters. The van der Waals surface area contributed by atoms with Gasteiger partial charge < -0.3 is 15.2 Å². The van der Waals surface area contributed by atoms with E-state index in [0.717, 1.165) is 11.6 Å². The lowest BCUT2D eigenvalue weighted by Crippen LogP contribution is -2.13. The zero-order chi connectivity index (χ0) is 11.8. The molecule has 5 heteroatoms. The maximum Gasteiger partial charge on any atom is 0.328 e. The van der Waals surface area contributed by atoms with Crippen LogP contribution in [0, 0.1) is 0 Å². The predicted molar refractivity (Wildman–Crippen MR) is 59.3 cm³/mol. The molecule has 0 aliphatic rings. The van der Waals surface area contributed by atoms with E-state index in [9.17, 15) is 4.79 Å². The SMILES string of the molecule is COc1cc(CNC/C=C/C(=O)O)ccn1. The molecule has 0 saturated carbocycles. The number of carbonyl (C=O) groups is 1. The molecule has 0 radical (unpaired) electrons. The predicted octanol–water partition coefficient (Wildman–Crippen LogP) is 0.821. The number of nitrogens with one attached hydrogen (secondary N) is 1. The minimum atomic E-state index is -0.938. The van der Waals surface area contributed by atoms with Crippen molar-refractivity contribution in [2.45, 2.75) is 6.54 Å². The van der Waals surface area contributed by atoms with E-state index in [1.807, 2.05) is 12.1 Å². The maximum absolute atomic E-state index is 10.2. The van der Waals surface area contributed by atoms with Crippen molar-refractivity contribution < 1.29 is 14.6 Å². The van der Waals surface area contributed by atoms with Crippen molar-refractivity contribution in [3.05, 3.63) is 36.0 Å². The summed E-state index contributed by atoms with van der Waals surface area (Å²) < 4.78 is 4.98. The van der Waals surface area contributed by atoms with Crippen molar-refractivity contribution >= 4 is 5.97 Å². The van der Waals surface area contributed by atoms with Crippen LogP contribution < -0.4 is 10.1 Å². The number of aromatic nitrogens is 1. The van der Waals surface area contributed by atoms with Crippen LogP contribution in [0.3, 0.4) is 0 Å². The first-order chi connectivity index (χ1) is 7.72. The van der Waals surface area contributed by atoms with Crippen molar-refractivity contribution in [3.8, 4) is 5.88 Å². The van der Waals surface area contributed by atoms with Crippen LogP contribution in [0.15, 0.2) is 30.5 Å². The van der Waals surface area contributed by atoms with Crippen LogP contribution in [0.1, 0.15) is 5.56 Å². The van der Waals surface area contributed by atoms with Gasteiger partial charge in [0.2, 0.25) is 5.88 Å². The number of carboxylic acids is 1. The largest absolute Gasteiger partial charge is 0.481 e. The molecule has 1 aromatic rings. The molecule has 0 atom stereocenters. The van der Waals surface area contributed by atoms with E-state index in [0.29, 0.717) is 19.0 Å². The number of hydrogen-bond donors (Lipinski definition) is 2. The number of nitrogens with zero attached hydrogens (tertiary/aromatic N) is 1. The fourth-order valence-electron chi connectivity index (χ4n) is 1.13. The smallest absolute Gasteiger partial charge is 0.328 e. The van der Waals surface area contributed by atoms with E-state index in [1.165, 1.54) is 0 Å². The van der Waals surface area contributed by atoms with Gasteiger partial charge in [0, 0.05) is 31.4 Å². The zero-order valence-corrected chi connectivity index (χ0v) is 9.01. The number of methoxy groups -OCH3 is 1. The van der Waals surface area contributed by atoms with Crippen molar-refractivity contribution in [1.82, 2.24) is 10.3 Å². The van der Waals surface area contributed by atoms with Crippen molar-refractivity contribution in [1.29, 1.82) is 0 Å². The van der Waals surface area contributed by atoms with Crippen molar-refractivity contribution in [2.24, 2.45) is 0 Å². The summed E-state index contributed by atoms with van der Waals surface area (Å²) >= 11 is 0. The average molecular weight is 222 g/mol. The van der Waals surface area contributed by atoms with Crippen LogP contribution in [0.4, 0.5) is 0 Å². The van der Waals surface area contributed by atoms with Gasteiger partial charge in [0.1, 0.15) is 0 Å². The summed E-state index contributed by atoms with van der Waals surface area (Å²) in [5.74, 6) is -0.368. The first-order valence-electron chi connectivity index (χ1n) is 4.81. The molecule has 0 fully saturated rings. The fraction of sp³-hybridized carbons (Fsp3) is 0.273. The number of rotatable bonds is 6. The third-order valence-electron chi connectivity index (χ3n) is 1.86. The monoisotopic (exact) mass is 222 g/mol. The summed E-state index contributed by atoms with van der Waals surface area (Å²) in [6, 6.07) is 3.70. The Morgan fingerprint density at radius 2 is 2.50 bits per heavy atom. The van der Waals surface area contributed by atoms with Gasteiger partial charge in [-0.15, -0.1) is 0 Å². The molecule has 0 aliphatic heterocycles. The van der Waals surface area contributed by atoms with Gasteiger partial charge in [-0.1, -0.05) is 6.08 Å². The summed E-state index contributed by atoms with van der Waals surface area (Å²) in [4.78, 5) is 14.2. The molecule has 0 saturated heterocycles. The second kappa shape index (κ2) is 6.58. The van der Waals surface area contributed by atoms with Crippen molar-refractivity contribution in [3.63, 3.8) is 0 Å². The third-order valence-corrected chi connectivity index (χ3v) is 1.86. The lowest BCUT2D eigenvalue weighted by Gasteiger charge is -2.03. The van der Waals surface area contributed by atoms with E-state index in [-0.39, 0.29) is 0 Å². The third kappa shape index (κ3) is 4.56. The van der Waals surface area contributed by atoms with E-state index in [4.69, 9.17) is 9.84 Å². The molecule has 16 heavy (non-hydrogen) atoms. The first kappa shape index (κ1) is 12.2. The second-order valence-electron chi connectivity index (χ2n) is 3.08. The van der Waals surface area contributed by atoms with Crippen LogP contribution in [0.5, 0.6) is 5.88 Å². The number of ether oxygens (including phenoxy) is 1. The minimum absolute atomic E-state index is 0.511. The number of carboxylic acid groups (broad SMARTS) is 1. The quantitative estimate of drug-likeness (QED) is 0.550. The Bertz CT molecular complexity index is 377. The summed E-state index contributed by atoms with van der Waals surface area (Å²) in [5, 5.41) is 11.4. The van der Waals surface area contributed by atoms with Crippen LogP contribution >= 0.6 is 0 Å². The van der Waals surface area contributed by atoms with Gasteiger partial charge in [0.05, 0.1) is 7.11 Å². The molecular weight excluding hydrogens is 208 g/mol. The number of pyridine rings is 1. The zero-order valence-electron chi connectivity index (χ0n) is 9.01. The van der Waals surface area contributed by atoms with Crippen LogP contribution in [-0.2, 0) is 11.3 Å². The van der Waals surface area contributed by atoms with Crippen LogP contribution in [0.25, 0.3) is 0 Å². The summed E-state index contributed by atoms with van der Waals surface area (Å²) in [5.41, 5.74) is 1.04. The van der Waals surface area contributed by atoms with Gasteiger partial charge in [0.25, 0.3) is 0 Å². The van der Waals surface area contributed by atoms with E-state index in [2.05, 4.69) is 10.3 Å². The molecule has 5 nitrogen and oxygen atoms in total. The average Bonchev–Trinajstić information content (AvgIpc) is 2.28. The lowest BCUT2D eigenvalue weighted by molar-refractivity contribution is -0.131. The van der Waals surface area contributed by atoms with Gasteiger partial charge in [-0.3, -0.25) is 0 Å². The Hall–Kier alpha value is -1.88. The molecule has 1 aromatic heterocycles. The molecule has 0 amide bonds. The number of hydrogen-bond acceptors (Lipinski definition) is 4. The molecule has 0 bridgehead atoms. The van der Waals surface area contributed by atoms with Gasteiger partial charge in [-0.05, 0) is 11.6 Å². The number of aliphatic carboxylic acids is 1. The topological polar surface area (TPSA) is 71.5 Å². The Morgan fingerprint density at radius 3 is 3.19 bits per heavy atom. The van der Waals surface area contributed by atoms with Gasteiger partial charge in [0.15, 0.2) is 0 Å². The lowest BCUT2D eigenvalue weighted by atomic mass is 10.2. The Morgan fingerprint density at radius 1 is 1.69 bits per heavy atom. The highest BCUT2D eigenvalue weighted by Gasteiger charge is 1.95. The summed E-state index contributed by atoms with van der Waals surface area (Å²) in [6.07, 6.45) is 4.34. The van der Waals surface area contributed by atoms with E-state index < -0.39 is 5.97 Å². The summed E-state index contributed by atoms with van der Waals surface area (Å²) in [7, 11) is 1.56. The minimum Gasteiger partial charge on any atom is -0.481 e. The maximum atomic E-state index is 10.2. The highest BCUT2D eigenvalue weighted by atomic mass is 16.5. The van der Waals surface area contributed by atoms with Gasteiger partial charge in [-0.2, -0.15) is 0 Å². The van der Waals surface area contributed by atoms with Crippen molar-refractivity contribution in [2.75, 3.05) is 13.7 Å². The van der Waals surface area contributed by atoms with Crippen LogP contribution in [0.2, 0.25) is 0 Å². The molecule has 0 aromatic carbocycles. The molecule has 0 aliphatic carbocycles. The second-order valence-corrected chi connectivity index (χ2v) is 3.08. The Kier molecular flexibility index (Phi) is 5.01. The molecular formula is C11H14N2O3. The van der Waals surface area contributed by atoms with E-state index in [1.54, 1.807) is 19.4 Å². The Labute approximate surface area is 93.8 Å². The first-order valence-corrected chi connectivity index (χ1v) is 4.81.